The second-order valence-electron chi connectivity index (χ2n) is 8.49. The van der Waals surface area contributed by atoms with E-state index in [0.29, 0.717) is 16.6 Å². The van der Waals surface area contributed by atoms with Crippen molar-refractivity contribution < 1.29 is 4.79 Å². The van der Waals surface area contributed by atoms with Crippen LogP contribution < -0.4 is 10.2 Å². The summed E-state index contributed by atoms with van der Waals surface area (Å²) in [4.78, 5) is 17.5. The summed E-state index contributed by atoms with van der Waals surface area (Å²) in [7, 11) is 2.01. The first kappa shape index (κ1) is 23.7. The smallest absolute Gasteiger partial charge is 0.253 e. The molecule has 0 aliphatic carbocycles. The van der Waals surface area contributed by atoms with Gasteiger partial charge in [0.15, 0.2) is 0 Å². The van der Waals surface area contributed by atoms with Crippen molar-refractivity contribution >= 4 is 34.8 Å². The van der Waals surface area contributed by atoms with Gasteiger partial charge in [0.2, 0.25) is 0 Å². The summed E-state index contributed by atoms with van der Waals surface area (Å²) in [5, 5.41) is 4.46. The van der Waals surface area contributed by atoms with E-state index in [9.17, 15) is 4.79 Å². The van der Waals surface area contributed by atoms with Crippen LogP contribution in [0.5, 0.6) is 0 Å². The number of hydrogen-bond acceptors (Lipinski definition) is 3. The van der Waals surface area contributed by atoms with E-state index in [1.165, 1.54) is 0 Å². The van der Waals surface area contributed by atoms with Crippen LogP contribution in [0.3, 0.4) is 0 Å². The maximum Gasteiger partial charge on any atom is 0.253 e. The molecule has 2 aromatic carbocycles. The van der Waals surface area contributed by atoms with Crippen molar-refractivity contribution in [1.29, 1.82) is 0 Å². The van der Waals surface area contributed by atoms with E-state index in [1.54, 1.807) is 6.07 Å². The van der Waals surface area contributed by atoms with Gasteiger partial charge in [-0.05, 0) is 49.7 Å². The van der Waals surface area contributed by atoms with E-state index < -0.39 is 0 Å². The standard InChI is InChI=1S/C26H30Cl2N4O/c1-19-22(18-25(30(19)2)20-7-4-3-5-8-20)26(33)29-11-6-12-31-13-15-32(16-14-31)24-10-9-21(27)17-23(24)28/h3-5,7-10,17-18H,6,11-16H2,1-2H3,(H,29,33). The third kappa shape index (κ3) is 5.55. The van der Waals surface area contributed by atoms with E-state index in [4.69, 9.17) is 23.2 Å². The molecule has 1 N–H and O–H groups in total. The number of hydrogen-bond donors (Lipinski definition) is 1. The predicted molar refractivity (Wildman–Crippen MR) is 138 cm³/mol. The largest absolute Gasteiger partial charge is 0.368 e. The molecule has 4 rings (SSSR count). The van der Waals surface area contributed by atoms with Crippen LogP contribution in [0.4, 0.5) is 5.69 Å². The van der Waals surface area contributed by atoms with Crippen LogP contribution in [0.15, 0.2) is 54.6 Å². The highest BCUT2D eigenvalue weighted by molar-refractivity contribution is 6.36. The summed E-state index contributed by atoms with van der Waals surface area (Å²) in [5.74, 6) is -0.00696. The number of piperazine rings is 1. The van der Waals surface area contributed by atoms with Gasteiger partial charge in [0, 0.05) is 56.2 Å². The number of carbonyl (C=O) groups excluding carboxylic acids is 1. The number of carbonyl (C=O) groups is 1. The molecule has 1 aliphatic rings. The molecule has 1 aliphatic heterocycles. The van der Waals surface area contributed by atoms with Crippen molar-refractivity contribution in [3.8, 4) is 11.3 Å². The van der Waals surface area contributed by atoms with Gasteiger partial charge < -0.3 is 14.8 Å². The fraction of sp³-hybridized carbons (Fsp3) is 0.346. The summed E-state index contributed by atoms with van der Waals surface area (Å²) >= 11 is 12.4. The summed E-state index contributed by atoms with van der Waals surface area (Å²) in [6.07, 6.45) is 0.921. The zero-order chi connectivity index (χ0) is 23.4. The first-order chi connectivity index (χ1) is 15.9. The number of nitrogens with zero attached hydrogens (tertiary/aromatic N) is 3. The van der Waals surface area contributed by atoms with Crippen LogP contribution >= 0.6 is 23.2 Å². The van der Waals surface area contributed by atoms with Gasteiger partial charge in [0.1, 0.15) is 0 Å². The Morgan fingerprint density at radius 3 is 2.42 bits per heavy atom. The molecule has 2 heterocycles. The molecule has 0 bridgehead atoms. The molecule has 3 aromatic rings. The Morgan fingerprint density at radius 1 is 1.00 bits per heavy atom. The molecule has 7 heteroatoms. The van der Waals surface area contributed by atoms with Crippen LogP contribution in [-0.4, -0.2) is 54.6 Å². The molecule has 0 saturated carbocycles. The molecule has 33 heavy (non-hydrogen) atoms. The molecule has 0 unspecified atom stereocenters. The van der Waals surface area contributed by atoms with Gasteiger partial charge in [0.05, 0.1) is 16.3 Å². The molecule has 1 amide bonds. The van der Waals surface area contributed by atoms with Crippen LogP contribution in [0.2, 0.25) is 10.0 Å². The Morgan fingerprint density at radius 2 is 1.73 bits per heavy atom. The number of rotatable bonds is 7. The third-order valence-electron chi connectivity index (χ3n) is 6.41. The molecule has 174 valence electrons. The summed E-state index contributed by atoms with van der Waals surface area (Å²) in [6, 6.07) is 17.8. The van der Waals surface area contributed by atoms with E-state index in [0.717, 1.165) is 67.3 Å². The lowest BCUT2D eigenvalue weighted by atomic mass is 10.1. The average molecular weight is 485 g/mol. The van der Waals surface area contributed by atoms with Crippen molar-refractivity contribution in [3.05, 3.63) is 75.9 Å². The monoisotopic (exact) mass is 484 g/mol. The van der Waals surface area contributed by atoms with E-state index in [1.807, 2.05) is 50.4 Å². The minimum atomic E-state index is -0.00696. The zero-order valence-electron chi connectivity index (χ0n) is 19.2. The third-order valence-corrected chi connectivity index (χ3v) is 6.95. The summed E-state index contributed by atoms with van der Waals surface area (Å²) in [6.45, 7) is 7.44. The second-order valence-corrected chi connectivity index (χ2v) is 9.33. The van der Waals surface area contributed by atoms with Crippen LogP contribution in [-0.2, 0) is 7.05 Å². The number of halogens is 2. The van der Waals surface area contributed by atoms with Crippen molar-refractivity contribution in [1.82, 2.24) is 14.8 Å². The maximum atomic E-state index is 12.8. The highest BCUT2D eigenvalue weighted by Crippen LogP contribution is 2.29. The van der Waals surface area contributed by atoms with E-state index >= 15 is 0 Å². The predicted octanol–water partition coefficient (Wildman–Crippen LogP) is 5.25. The van der Waals surface area contributed by atoms with Crippen LogP contribution in [0.25, 0.3) is 11.3 Å². The lowest BCUT2D eigenvalue weighted by Crippen LogP contribution is -2.47. The van der Waals surface area contributed by atoms with E-state index in [2.05, 4.69) is 31.8 Å². The van der Waals surface area contributed by atoms with Gasteiger partial charge in [-0.1, -0.05) is 53.5 Å². The number of aromatic nitrogens is 1. The zero-order valence-corrected chi connectivity index (χ0v) is 20.7. The van der Waals surface area contributed by atoms with Crippen molar-refractivity contribution in [3.63, 3.8) is 0 Å². The normalized spacial score (nSPS) is 14.5. The Kier molecular flexibility index (Phi) is 7.63. The molecule has 1 saturated heterocycles. The van der Waals surface area contributed by atoms with Gasteiger partial charge in [-0.3, -0.25) is 9.69 Å². The fourth-order valence-corrected chi connectivity index (χ4v) is 4.89. The van der Waals surface area contributed by atoms with Crippen molar-refractivity contribution in [2.24, 2.45) is 7.05 Å². The quantitative estimate of drug-likeness (QED) is 0.465. The Bertz CT molecular complexity index is 1100. The van der Waals surface area contributed by atoms with Gasteiger partial charge in [-0.25, -0.2) is 0 Å². The molecule has 0 atom stereocenters. The Balaban J connectivity index is 1.24. The number of benzene rings is 2. The lowest BCUT2D eigenvalue weighted by molar-refractivity contribution is 0.0951. The number of amides is 1. The highest BCUT2D eigenvalue weighted by atomic mass is 35.5. The van der Waals surface area contributed by atoms with Gasteiger partial charge in [0.25, 0.3) is 5.91 Å². The number of nitrogens with one attached hydrogen (secondary N) is 1. The van der Waals surface area contributed by atoms with Gasteiger partial charge in [-0.2, -0.15) is 0 Å². The maximum absolute atomic E-state index is 12.8. The Hall–Kier alpha value is -2.47. The van der Waals surface area contributed by atoms with Crippen LogP contribution in [0, 0.1) is 6.92 Å². The first-order valence-electron chi connectivity index (χ1n) is 11.4. The highest BCUT2D eigenvalue weighted by Gasteiger charge is 2.19. The molecular formula is C26H30Cl2N4O. The molecule has 1 fully saturated rings. The molecule has 0 spiro atoms. The van der Waals surface area contributed by atoms with Gasteiger partial charge >= 0.3 is 0 Å². The molecule has 0 radical (unpaired) electrons. The Labute approximate surface area is 205 Å². The molecular weight excluding hydrogens is 455 g/mol. The van der Waals surface area contributed by atoms with Gasteiger partial charge in [-0.15, -0.1) is 0 Å². The molecule has 5 nitrogen and oxygen atoms in total. The summed E-state index contributed by atoms with van der Waals surface area (Å²) in [5.41, 5.74) is 4.92. The van der Waals surface area contributed by atoms with Crippen molar-refractivity contribution in [2.75, 3.05) is 44.2 Å². The molecule has 1 aromatic heterocycles. The topological polar surface area (TPSA) is 40.5 Å². The average Bonchev–Trinajstić information content (AvgIpc) is 3.12. The fourth-order valence-electron chi connectivity index (χ4n) is 4.37. The minimum Gasteiger partial charge on any atom is -0.368 e. The second kappa shape index (κ2) is 10.6. The summed E-state index contributed by atoms with van der Waals surface area (Å²) < 4.78 is 2.08. The first-order valence-corrected chi connectivity index (χ1v) is 12.1. The van der Waals surface area contributed by atoms with Crippen LogP contribution in [0.1, 0.15) is 22.5 Å². The minimum absolute atomic E-state index is 0.00696. The SMILES string of the molecule is Cc1c(C(=O)NCCCN2CCN(c3ccc(Cl)cc3Cl)CC2)cc(-c2ccccc2)n1C. The van der Waals surface area contributed by atoms with E-state index in [-0.39, 0.29) is 5.91 Å². The lowest BCUT2D eigenvalue weighted by Gasteiger charge is -2.36. The number of anilines is 1. The van der Waals surface area contributed by atoms with Crippen molar-refractivity contribution in [2.45, 2.75) is 13.3 Å².